The first-order valence-electron chi connectivity index (χ1n) is 7.83. The van der Waals surface area contributed by atoms with Crippen molar-refractivity contribution >= 4 is 18.0 Å². The van der Waals surface area contributed by atoms with E-state index < -0.39 is 17.7 Å². The highest BCUT2D eigenvalue weighted by molar-refractivity contribution is 6.18. The summed E-state index contributed by atoms with van der Waals surface area (Å²) in [6.07, 6.45) is 1.39. The molecule has 0 bridgehead atoms. The van der Waals surface area contributed by atoms with E-state index >= 15 is 0 Å². The number of nitrogens with zero attached hydrogens (tertiary/aromatic N) is 1. The standard InChI is InChI=1S/C20H15NO5/c1-20(2)25-18(22)17(19(23)26-20)11-14-4-3-5-16(10-14)24-15-8-6-13(12-21)7-9-15/h3-11H,1-2H3. The lowest BCUT2D eigenvalue weighted by molar-refractivity contribution is -0.222. The van der Waals surface area contributed by atoms with Crippen LogP contribution in [0.3, 0.4) is 0 Å². The first-order valence-corrected chi connectivity index (χ1v) is 7.83. The fraction of sp³-hybridized carbons (Fsp3) is 0.150. The third kappa shape index (κ3) is 3.90. The van der Waals surface area contributed by atoms with Gasteiger partial charge in [0, 0.05) is 13.8 Å². The van der Waals surface area contributed by atoms with E-state index in [-0.39, 0.29) is 5.57 Å². The Balaban J connectivity index is 1.82. The second-order valence-corrected chi connectivity index (χ2v) is 6.05. The third-order valence-corrected chi connectivity index (χ3v) is 3.51. The van der Waals surface area contributed by atoms with Crippen LogP contribution in [0.1, 0.15) is 25.0 Å². The number of hydrogen-bond acceptors (Lipinski definition) is 6. The van der Waals surface area contributed by atoms with E-state index in [1.165, 1.54) is 19.9 Å². The fourth-order valence-corrected chi connectivity index (χ4v) is 2.35. The van der Waals surface area contributed by atoms with Crippen LogP contribution in [0.4, 0.5) is 0 Å². The maximum atomic E-state index is 12.0. The van der Waals surface area contributed by atoms with Crippen molar-refractivity contribution in [1.82, 2.24) is 0 Å². The Kier molecular flexibility index (Phi) is 4.46. The van der Waals surface area contributed by atoms with Gasteiger partial charge in [-0.25, -0.2) is 9.59 Å². The van der Waals surface area contributed by atoms with E-state index in [9.17, 15) is 9.59 Å². The molecule has 1 fully saturated rings. The number of carbonyl (C=O) groups excluding carboxylic acids is 2. The topological polar surface area (TPSA) is 85.6 Å². The van der Waals surface area contributed by atoms with Crippen LogP contribution in [0.25, 0.3) is 6.08 Å². The van der Waals surface area contributed by atoms with Crippen molar-refractivity contribution in [1.29, 1.82) is 5.26 Å². The van der Waals surface area contributed by atoms with Gasteiger partial charge in [0.15, 0.2) is 0 Å². The smallest absolute Gasteiger partial charge is 0.348 e. The van der Waals surface area contributed by atoms with Crippen LogP contribution < -0.4 is 4.74 Å². The minimum atomic E-state index is -1.27. The van der Waals surface area contributed by atoms with Gasteiger partial charge in [-0.15, -0.1) is 0 Å². The quantitative estimate of drug-likeness (QED) is 0.478. The Morgan fingerprint density at radius 2 is 1.65 bits per heavy atom. The molecule has 0 unspecified atom stereocenters. The first kappa shape index (κ1) is 17.2. The summed E-state index contributed by atoms with van der Waals surface area (Å²) < 4.78 is 15.9. The first-order chi connectivity index (χ1) is 12.4. The van der Waals surface area contributed by atoms with Crippen molar-refractivity contribution in [3.8, 4) is 17.6 Å². The molecule has 6 heteroatoms. The van der Waals surface area contributed by atoms with E-state index in [4.69, 9.17) is 19.5 Å². The van der Waals surface area contributed by atoms with E-state index in [1.807, 2.05) is 6.07 Å². The lowest BCUT2D eigenvalue weighted by atomic mass is 10.1. The van der Waals surface area contributed by atoms with E-state index in [0.717, 1.165) is 0 Å². The summed E-state index contributed by atoms with van der Waals surface area (Å²) in [5.74, 6) is -1.66. The predicted molar refractivity (Wildman–Crippen MR) is 91.9 cm³/mol. The molecule has 0 amide bonds. The Hall–Kier alpha value is -3.59. The van der Waals surface area contributed by atoms with Crippen LogP contribution in [0.15, 0.2) is 54.1 Å². The zero-order valence-electron chi connectivity index (χ0n) is 14.2. The fourth-order valence-electron chi connectivity index (χ4n) is 2.35. The number of hydrogen-bond donors (Lipinski definition) is 0. The summed E-state index contributed by atoms with van der Waals surface area (Å²) in [7, 11) is 0. The summed E-state index contributed by atoms with van der Waals surface area (Å²) in [6.45, 7) is 2.98. The lowest BCUT2D eigenvalue weighted by Crippen LogP contribution is -2.41. The molecule has 0 atom stereocenters. The molecular formula is C20H15NO5. The van der Waals surface area contributed by atoms with Crippen LogP contribution in [0, 0.1) is 11.3 Å². The van der Waals surface area contributed by atoms with Gasteiger partial charge in [0.1, 0.15) is 17.1 Å². The lowest BCUT2D eigenvalue weighted by Gasteiger charge is -2.29. The zero-order valence-corrected chi connectivity index (χ0v) is 14.2. The van der Waals surface area contributed by atoms with Gasteiger partial charge in [-0.05, 0) is 48.0 Å². The number of benzene rings is 2. The molecule has 6 nitrogen and oxygen atoms in total. The molecule has 26 heavy (non-hydrogen) atoms. The number of cyclic esters (lactones) is 2. The van der Waals surface area contributed by atoms with Gasteiger partial charge in [-0.1, -0.05) is 12.1 Å². The van der Waals surface area contributed by atoms with Crippen molar-refractivity contribution in [2.75, 3.05) is 0 Å². The highest BCUT2D eigenvalue weighted by Crippen LogP contribution is 2.26. The number of rotatable bonds is 3. The van der Waals surface area contributed by atoms with Gasteiger partial charge in [0.05, 0.1) is 11.6 Å². The highest BCUT2D eigenvalue weighted by atomic mass is 16.7. The molecule has 0 saturated carbocycles. The van der Waals surface area contributed by atoms with Gasteiger partial charge < -0.3 is 14.2 Å². The van der Waals surface area contributed by atoms with Crippen molar-refractivity contribution in [2.45, 2.75) is 19.6 Å². The molecule has 1 heterocycles. The zero-order chi connectivity index (χ0) is 18.7. The van der Waals surface area contributed by atoms with Crippen LogP contribution in [-0.2, 0) is 19.1 Å². The second-order valence-electron chi connectivity index (χ2n) is 6.05. The van der Waals surface area contributed by atoms with Crippen LogP contribution in [0.5, 0.6) is 11.5 Å². The van der Waals surface area contributed by atoms with Gasteiger partial charge in [0.25, 0.3) is 5.79 Å². The minimum absolute atomic E-state index is 0.181. The number of carbonyl (C=O) groups is 2. The molecule has 130 valence electrons. The summed E-state index contributed by atoms with van der Waals surface area (Å²) >= 11 is 0. The number of esters is 2. The van der Waals surface area contributed by atoms with Crippen LogP contribution in [0.2, 0.25) is 0 Å². The largest absolute Gasteiger partial charge is 0.457 e. The maximum absolute atomic E-state index is 12.0. The summed E-state index contributed by atoms with van der Waals surface area (Å²) in [6, 6.07) is 15.6. The Morgan fingerprint density at radius 1 is 1.00 bits per heavy atom. The van der Waals surface area contributed by atoms with E-state index in [0.29, 0.717) is 22.6 Å². The van der Waals surface area contributed by atoms with E-state index in [1.54, 1.807) is 48.5 Å². The molecule has 1 aliphatic rings. The number of ether oxygens (including phenoxy) is 3. The molecule has 1 aliphatic heterocycles. The SMILES string of the molecule is CC1(C)OC(=O)C(=Cc2cccc(Oc3ccc(C#N)cc3)c2)C(=O)O1. The molecule has 0 aromatic heterocycles. The van der Waals surface area contributed by atoms with Crippen molar-refractivity contribution in [3.05, 3.63) is 65.2 Å². The molecular weight excluding hydrogens is 334 g/mol. The number of nitriles is 1. The third-order valence-electron chi connectivity index (χ3n) is 3.51. The van der Waals surface area contributed by atoms with Crippen molar-refractivity contribution in [2.24, 2.45) is 0 Å². The molecule has 1 saturated heterocycles. The second kappa shape index (κ2) is 6.73. The molecule has 0 aliphatic carbocycles. The summed E-state index contributed by atoms with van der Waals surface area (Å²) in [5.41, 5.74) is 0.938. The Labute approximate surface area is 150 Å². The molecule has 0 spiro atoms. The van der Waals surface area contributed by atoms with Gasteiger partial charge in [-0.2, -0.15) is 5.26 Å². The van der Waals surface area contributed by atoms with Crippen LogP contribution in [-0.4, -0.2) is 17.7 Å². The predicted octanol–water partition coefficient (Wildman–Crippen LogP) is 3.57. The van der Waals surface area contributed by atoms with Gasteiger partial charge in [0.2, 0.25) is 0 Å². The Bertz CT molecular complexity index is 913. The summed E-state index contributed by atoms with van der Waals surface area (Å²) in [4.78, 5) is 24.0. The van der Waals surface area contributed by atoms with Crippen molar-refractivity contribution < 1.29 is 23.8 Å². The average molecular weight is 349 g/mol. The minimum Gasteiger partial charge on any atom is -0.457 e. The van der Waals surface area contributed by atoms with Gasteiger partial charge >= 0.3 is 11.9 Å². The molecule has 2 aromatic rings. The monoisotopic (exact) mass is 349 g/mol. The molecule has 2 aromatic carbocycles. The van der Waals surface area contributed by atoms with Crippen molar-refractivity contribution in [3.63, 3.8) is 0 Å². The maximum Gasteiger partial charge on any atom is 0.348 e. The van der Waals surface area contributed by atoms with Gasteiger partial charge in [-0.3, -0.25) is 0 Å². The van der Waals surface area contributed by atoms with Crippen LogP contribution >= 0.6 is 0 Å². The molecule has 0 radical (unpaired) electrons. The molecule has 0 N–H and O–H groups in total. The molecule has 3 rings (SSSR count). The highest BCUT2D eigenvalue weighted by Gasteiger charge is 2.38. The summed E-state index contributed by atoms with van der Waals surface area (Å²) in [5, 5.41) is 8.81. The average Bonchev–Trinajstić information content (AvgIpc) is 2.58. The Morgan fingerprint density at radius 3 is 2.27 bits per heavy atom. The normalized spacial score (nSPS) is 15.5. The van der Waals surface area contributed by atoms with E-state index in [2.05, 4.69) is 0 Å².